The van der Waals surface area contributed by atoms with E-state index in [1.54, 1.807) is 4.90 Å². The molecular weight excluding hydrogens is 268 g/mol. The number of H-pyrrole nitrogens is 1. The zero-order valence-electron chi connectivity index (χ0n) is 10.8. The number of rotatable bonds is 3. The maximum atomic E-state index is 11.9. The van der Waals surface area contributed by atoms with Gasteiger partial charge in [-0.2, -0.15) is 0 Å². The summed E-state index contributed by atoms with van der Waals surface area (Å²) in [5, 5.41) is 0.434. The Labute approximate surface area is 116 Å². The molecule has 0 saturated carbocycles. The van der Waals surface area contributed by atoms with Gasteiger partial charge in [-0.1, -0.05) is 18.5 Å². The Hall–Kier alpha value is -1.49. The summed E-state index contributed by atoms with van der Waals surface area (Å²) in [7, 11) is 0. The average Bonchev–Trinajstić information content (AvgIpc) is 2.83. The lowest BCUT2D eigenvalue weighted by molar-refractivity contribution is -0.135. The molecule has 1 N–H and O–H groups in total. The number of esters is 1. The molecule has 1 amide bonds. The number of hydrogen-bond acceptors (Lipinski definition) is 3. The third-order valence-corrected chi connectivity index (χ3v) is 3.55. The summed E-state index contributed by atoms with van der Waals surface area (Å²) in [5.74, 6) is -0.0452. The van der Waals surface area contributed by atoms with Gasteiger partial charge < -0.3 is 14.6 Å². The van der Waals surface area contributed by atoms with Gasteiger partial charge in [-0.15, -0.1) is 0 Å². The van der Waals surface area contributed by atoms with Crippen molar-refractivity contribution in [2.24, 2.45) is 5.92 Å². The highest BCUT2D eigenvalue weighted by Crippen LogP contribution is 2.16. The number of halogens is 1. The number of carbonyl (C=O) groups excluding carboxylic acids is 2. The average molecular weight is 285 g/mol. The zero-order valence-corrected chi connectivity index (χ0v) is 11.6. The van der Waals surface area contributed by atoms with Crippen LogP contribution in [0.2, 0.25) is 5.02 Å². The third-order valence-electron chi connectivity index (χ3n) is 3.33. The van der Waals surface area contributed by atoms with Crippen LogP contribution >= 0.6 is 11.6 Å². The molecule has 0 bridgehead atoms. The maximum Gasteiger partial charge on any atom is 0.355 e. The van der Waals surface area contributed by atoms with Gasteiger partial charge in [0, 0.05) is 19.3 Å². The first-order chi connectivity index (χ1) is 9.06. The van der Waals surface area contributed by atoms with Gasteiger partial charge in [0.1, 0.15) is 5.69 Å². The molecule has 104 valence electrons. The predicted octanol–water partition coefficient (Wildman–Crippen LogP) is 2.08. The molecule has 1 aromatic heterocycles. The molecule has 6 heteroatoms. The lowest BCUT2D eigenvalue weighted by atomic mass is 9.99. The van der Waals surface area contributed by atoms with E-state index >= 15 is 0 Å². The van der Waals surface area contributed by atoms with Crippen LogP contribution in [0.15, 0.2) is 12.3 Å². The van der Waals surface area contributed by atoms with Crippen molar-refractivity contribution < 1.29 is 14.3 Å². The number of aromatic nitrogens is 1. The second-order valence-electron chi connectivity index (χ2n) is 4.87. The minimum atomic E-state index is -0.564. The Morgan fingerprint density at radius 3 is 2.74 bits per heavy atom. The van der Waals surface area contributed by atoms with Crippen LogP contribution in [0.5, 0.6) is 0 Å². The van der Waals surface area contributed by atoms with Gasteiger partial charge >= 0.3 is 5.97 Å². The Morgan fingerprint density at radius 1 is 1.47 bits per heavy atom. The van der Waals surface area contributed by atoms with Gasteiger partial charge in [0.25, 0.3) is 5.91 Å². The SMILES string of the molecule is CC1CCN(C(=O)COC(=O)c2cc(Cl)c[nH]2)CC1. The topological polar surface area (TPSA) is 62.4 Å². The van der Waals surface area contributed by atoms with Crippen LogP contribution in [-0.2, 0) is 9.53 Å². The van der Waals surface area contributed by atoms with E-state index < -0.39 is 5.97 Å². The third kappa shape index (κ3) is 3.73. The van der Waals surface area contributed by atoms with Crippen LogP contribution in [0.25, 0.3) is 0 Å². The summed E-state index contributed by atoms with van der Waals surface area (Å²) in [6.07, 6.45) is 3.50. The summed E-state index contributed by atoms with van der Waals surface area (Å²) in [4.78, 5) is 27.9. The molecule has 0 aromatic carbocycles. The van der Waals surface area contributed by atoms with Gasteiger partial charge in [0.15, 0.2) is 6.61 Å². The van der Waals surface area contributed by atoms with Crippen molar-refractivity contribution >= 4 is 23.5 Å². The predicted molar refractivity (Wildman–Crippen MR) is 71.1 cm³/mol. The molecule has 1 fully saturated rings. The minimum absolute atomic E-state index is 0.141. The molecule has 0 atom stereocenters. The van der Waals surface area contributed by atoms with Crippen LogP contribution in [0.3, 0.4) is 0 Å². The van der Waals surface area contributed by atoms with Crippen molar-refractivity contribution in [1.29, 1.82) is 0 Å². The number of ether oxygens (including phenoxy) is 1. The van der Waals surface area contributed by atoms with Crippen LogP contribution in [0.4, 0.5) is 0 Å². The van der Waals surface area contributed by atoms with Gasteiger partial charge in [-0.25, -0.2) is 4.79 Å². The number of aromatic amines is 1. The highest BCUT2D eigenvalue weighted by Gasteiger charge is 2.21. The van der Waals surface area contributed by atoms with E-state index in [1.165, 1.54) is 12.3 Å². The molecule has 1 aromatic rings. The van der Waals surface area contributed by atoms with E-state index in [0.29, 0.717) is 10.9 Å². The van der Waals surface area contributed by atoms with Crippen LogP contribution in [0, 0.1) is 5.92 Å². The Morgan fingerprint density at radius 2 is 2.16 bits per heavy atom. The first kappa shape index (κ1) is 13.9. The molecule has 1 saturated heterocycles. The standard InChI is InChI=1S/C13H17ClN2O3/c1-9-2-4-16(5-3-9)12(17)8-19-13(18)11-6-10(14)7-15-11/h6-7,9,15H,2-5,8H2,1H3. The molecule has 19 heavy (non-hydrogen) atoms. The van der Waals surface area contributed by atoms with Crippen molar-refractivity contribution in [2.75, 3.05) is 19.7 Å². The number of likely N-dealkylation sites (tertiary alicyclic amines) is 1. The van der Waals surface area contributed by atoms with Gasteiger partial charge in [-0.3, -0.25) is 4.79 Å². The quantitative estimate of drug-likeness (QED) is 0.865. The van der Waals surface area contributed by atoms with Crippen molar-refractivity contribution in [2.45, 2.75) is 19.8 Å². The molecule has 0 spiro atoms. The maximum absolute atomic E-state index is 11.9. The molecule has 1 aliphatic heterocycles. The number of nitrogens with zero attached hydrogens (tertiary/aromatic N) is 1. The lowest BCUT2D eigenvalue weighted by Gasteiger charge is -2.30. The fourth-order valence-corrected chi connectivity index (χ4v) is 2.20. The Kier molecular flexibility index (Phi) is 4.47. The van der Waals surface area contributed by atoms with Crippen LogP contribution < -0.4 is 0 Å². The number of piperidine rings is 1. The van der Waals surface area contributed by atoms with E-state index in [4.69, 9.17) is 16.3 Å². The van der Waals surface area contributed by atoms with E-state index in [-0.39, 0.29) is 18.2 Å². The number of carbonyl (C=O) groups is 2. The van der Waals surface area contributed by atoms with Gasteiger partial charge in [0.05, 0.1) is 5.02 Å². The molecule has 2 rings (SSSR count). The molecule has 0 radical (unpaired) electrons. The largest absolute Gasteiger partial charge is 0.451 e. The first-order valence-corrected chi connectivity index (χ1v) is 6.73. The van der Waals surface area contributed by atoms with Crippen molar-refractivity contribution in [3.8, 4) is 0 Å². The first-order valence-electron chi connectivity index (χ1n) is 6.35. The van der Waals surface area contributed by atoms with E-state index in [2.05, 4.69) is 11.9 Å². The van der Waals surface area contributed by atoms with Crippen molar-refractivity contribution in [1.82, 2.24) is 9.88 Å². The van der Waals surface area contributed by atoms with E-state index in [0.717, 1.165) is 25.9 Å². The van der Waals surface area contributed by atoms with Crippen LogP contribution in [0.1, 0.15) is 30.3 Å². The molecule has 5 nitrogen and oxygen atoms in total. The summed E-state index contributed by atoms with van der Waals surface area (Å²) in [6, 6.07) is 1.47. The molecule has 0 aliphatic carbocycles. The summed E-state index contributed by atoms with van der Waals surface area (Å²) in [6.45, 7) is 3.44. The zero-order chi connectivity index (χ0) is 13.8. The summed E-state index contributed by atoms with van der Waals surface area (Å²) < 4.78 is 4.96. The summed E-state index contributed by atoms with van der Waals surface area (Å²) >= 11 is 5.69. The van der Waals surface area contributed by atoms with Gasteiger partial charge in [0.2, 0.25) is 0 Å². The Balaban J connectivity index is 1.79. The van der Waals surface area contributed by atoms with Gasteiger partial charge in [-0.05, 0) is 24.8 Å². The fourth-order valence-electron chi connectivity index (χ4n) is 2.04. The second kappa shape index (κ2) is 6.10. The number of hydrogen-bond donors (Lipinski definition) is 1. The number of nitrogens with one attached hydrogen (secondary N) is 1. The highest BCUT2D eigenvalue weighted by atomic mass is 35.5. The van der Waals surface area contributed by atoms with Crippen molar-refractivity contribution in [3.63, 3.8) is 0 Å². The van der Waals surface area contributed by atoms with Crippen LogP contribution in [-0.4, -0.2) is 41.5 Å². The fraction of sp³-hybridized carbons (Fsp3) is 0.538. The van der Waals surface area contributed by atoms with E-state index in [9.17, 15) is 9.59 Å². The molecule has 1 aliphatic rings. The number of amides is 1. The second-order valence-corrected chi connectivity index (χ2v) is 5.31. The molecule has 2 heterocycles. The van der Waals surface area contributed by atoms with Crippen molar-refractivity contribution in [3.05, 3.63) is 23.0 Å². The van der Waals surface area contributed by atoms with E-state index in [1.807, 2.05) is 0 Å². The normalized spacial score (nSPS) is 16.4. The minimum Gasteiger partial charge on any atom is -0.451 e. The highest BCUT2D eigenvalue weighted by molar-refractivity contribution is 6.30. The monoisotopic (exact) mass is 284 g/mol. The summed E-state index contributed by atoms with van der Waals surface area (Å²) in [5.41, 5.74) is 0.255. The molecular formula is C13H17ClN2O3. The smallest absolute Gasteiger partial charge is 0.355 e. The Bertz CT molecular complexity index is 464. The molecule has 0 unspecified atom stereocenters. The lowest BCUT2D eigenvalue weighted by Crippen LogP contribution is -2.40.